The highest BCUT2D eigenvalue weighted by Gasteiger charge is 2.27. The zero-order valence-electron chi connectivity index (χ0n) is 9.68. The summed E-state index contributed by atoms with van der Waals surface area (Å²) in [5, 5.41) is 3.51. The molecule has 0 bridgehead atoms. The van der Waals surface area contributed by atoms with Gasteiger partial charge in [0.15, 0.2) is 0 Å². The molecule has 0 radical (unpaired) electrons. The largest absolute Gasteiger partial charge is 0.492 e. The Bertz CT molecular complexity index is 387. The molecule has 0 spiro atoms. The number of nitrogens with one attached hydrogen (secondary N) is 1. The van der Waals surface area contributed by atoms with E-state index in [4.69, 9.17) is 16.3 Å². The van der Waals surface area contributed by atoms with Crippen LogP contribution in [0.15, 0.2) is 18.2 Å². The van der Waals surface area contributed by atoms with E-state index < -0.39 is 5.51 Å². The van der Waals surface area contributed by atoms with Crippen molar-refractivity contribution < 1.29 is 17.9 Å². The highest BCUT2D eigenvalue weighted by atomic mass is 35.5. The molecule has 0 fully saturated rings. The number of hydrogen-bond acceptors (Lipinski definition) is 3. The van der Waals surface area contributed by atoms with Crippen LogP contribution in [0.4, 0.5) is 13.2 Å². The van der Waals surface area contributed by atoms with E-state index >= 15 is 0 Å². The lowest BCUT2D eigenvalue weighted by atomic mass is 10.2. The first kappa shape index (κ1) is 15.5. The van der Waals surface area contributed by atoms with Gasteiger partial charge in [-0.3, -0.25) is 0 Å². The van der Waals surface area contributed by atoms with Gasteiger partial charge in [0.1, 0.15) is 5.75 Å². The monoisotopic (exact) mass is 299 g/mol. The Morgan fingerprint density at radius 2 is 2.11 bits per heavy atom. The van der Waals surface area contributed by atoms with Gasteiger partial charge in [-0.2, -0.15) is 13.2 Å². The number of ether oxygens (including phenoxy) is 1. The van der Waals surface area contributed by atoms with Crippen LogP contribution >= 0.6 is 23.4 Å². The van der Waals surface area contributed by atoms with Crippen LogP contribution in [-0.4, -0.2) is 24.9 Å². The number of rotatable bonds is 6. The summed E-state index contributed by atoms with van der Waals surface area (Å²) in [5.74, 6) is 0.419. The lowest BCUT2D eigenvalue weighted by Gasteiger charge is -2.12. The van der Waals surface area contributed by atoms with Crippen molar-refractivity contribution in [2.45, 2.75) is 12.1 Å². The van der Waals surface area contributed by atoms with Crippen LogP contribution in [0.2, 0.25) is 5.02 Å². The molecular weight excluding hydrogens is 287 g/mol. The van der Waals surface area contributed by atoms with Crippen LogP contribution < -0.4 is 10.1 Å². The van der Waals surface area contributed by atoms with E-state index in [0.717, 1.165) is 5.56 Å². The number of alkyl halides is 3. The van der Waals surface area contributed by atoms with E-state index in [-0.39, 0.29) is 24.1 Å². The molecule has 0 saturated carbocycles. The highest BCUT2D eigenvalue weighted by Crippen LogP contribution is 2.30. The molecule has 0 atom stereocenters. The van der Waals surface area contributed by atoms with Gasteiger partial charge in [-0.15, -0.1) is 0 Å². The van der Waals surface area contributed by atoms with E-state index in [9.17, 15) is 13.2 Å². The van der Waals surface area contributed by atoms with Gasteiger partial charge in [0.05, 0.1) is 6.61 Å². The number of halogens is 4. The molecule has 1 N–H and O–H groups in total. The fourth-order valence-corrected chi connectivity index (χ4v) is 1.92. The molecule has 102 valence electrons. The van der Waals surface area contributed by atoms with Crippen LogP contribution in [0.3, 0.4) is 0 Å². The van der Waals surface area contributed by atoms with Gasteiger partial charge in [-0.25, -0.2) is 0 Å². The molecule has 0 amide bonds. The topological polar surface area (TPSA) is 21.3 Å². The van der Waals surface area contributed by atoms with Crippen molar-refractivity contribution in [2.24, 2.45) is 0 Å². The van der Waals surface area contributed by atoms with Gasteiger partial charge in [-0.05, 0) is 37.0 Å². The molecule has 0 unspecified atom stereocenters. The average Bonchev–Trinajstić information content (AvgIpc) is 2.26. The van der Waals surface area contributed by atoms with Gasteiger partial charge >= 0.3 is 5.51 Å². The van der Waals surface area contributed by atoms with Crippen molar-refractivity contribution in [3.63, 3.8) is 0 Å². The smallest absolute Gasteiger partial charge is 0.441 e. The van der Waals surface area contributed by atoms with Crippen molar-refractivity contribution in [2.75, 3.05) is 19.4 Å². The second kappa shape index (κ2) is 7.11. The van der Waals surface area contributed by atoms with Crippen molar-refractivity contribution >= 4 is 23.4 Å². The fourth-order valence-electron chi connectivity index (χ4n) is 1.33. The van der Waals surface area contributed by atoms with Crippen LogP contribution in [0.25, 0.3) is 0 Å². The average molecular weight is 300 g/mol. The molecule has 7 heteroatoms. The maximum Gasteiger partial charge on any atom is 0.441 e. The second-order valence-electron chi connectivity index (χ2n) is 3.43. The molecular formula is C11H13ClF3NOS. The summed E-state index contributed by atoms with van der Waals surface area (Å²) in [6.07, 6.45) is 0. The second-order valence-corrected chi connectivity index (χ2v) is 5.02. The number of benzene rings is 1. The van der Waals surface area contributed by atoms with Gasteiger partial charge in [0, 0.05) is 22.9 Å². The molecule has 2 nitrogen and oxygen atoms in total. The standard InChI is InChI=1S/C11H13ClF3NOS/c1-16-7-8-6-9(12)2-3-10(8)17-4-5-18-11(13,14)15/h2-3,6,16H,4-5,7H2,1H3. The van der Waals surface area contributed by atoms with Crippen molar-refractivity contribution in [3.8, 4) is 5.75 Å². The van der Waals surface area contributed by atoms with Gasteiger partial charge < -0.3 is 10.1 Å². The summed E-state index contributed by atoms with van der Waals surface area (Å²) in [5.41, 5.74) is -3.39. The van der Waals surface area contributed by atoms with Crippen LogP contribution in [-0.2, 0) is 6.54 Å². The SMILES string of the molecule is CNCc1cc(Cl)ccc1OCCSC(F)(F)F. The number of thioether (sulfide) groups is 1. The summed E-state index contributed by atoms with van der Waals surface area (Å²) in [7, 11) is 1.77. The van der Waals surface area contributed by atoms with E-state index in [1.807, 2.05) is 0 Å². The Labute approximate surface area is 113 Å². The third-order valence-electron chi connectivity index (χ3n) is 2.00. The minimum atomic E-state index is -4.21. The van der Waals surface area contributed by atoms with Crippen LogP contribution in [0.1, 0.15) is 5.56 Å². The van der Waals surface area contributed by atoms with Gasteiger partial charge in [0.2, 0.25) is 0 Å². The first-order valence-electron chi connectivity index (χ1n) is 5.19. The minimum Gasteiger partial charge on any atom is -0.492 e. The maximum absolute atomic E-state index is 11.9. The lowest BCUT2D eigenvalue weighted by Crippen LogP contribution is -2.10. The Hall–Kier alpha value is -0.590. The van der Waals surface area contributed by atoms with E-state index in [1.165, 1.54) is 0 Å². The molecule has 1 aromatic carbocycles. The zero-order chi connectivity index (χ0) is 13.6. The third kappa shape index (κ3) is 5.84. The Morgan fingerprint density at radius 3 is 2.72 bits per heavy atom. The maximum atomic E-state index is 11.9. The summed E-state index contributed by atoms with van der Waals surface area (Å²) in [6.45, 7) is 0.546. The zero-order valence-corrected chi connectivity index (χ0v) is 11.3. The van der Waals surface area contributed by atoms with Crippen molar-refractivity contribution in [1.82, 2.24) is 5.32 Å². The molecule has 0 aliphatic carbocycles. The molecule has 18 heavy (non-hydrogen) atoms. The van der Waals surface area contributed by atoms with E-state index in [2.05, 4.69) is 5.32 Å². The predicted octanol–water partition coefficient (Wildman–Crippen LogP) is 3.69. The number of hydrogen-bond donors (Lipinski definition) is 1. The van der Waals surface area contributed by atoms with Gasteiger partial charge in [0.25, 0.3) is 0 Å². The Morgan fingerprint density at radius 1 is 1.39 bits per heavy atom. The van der Waals surface area contributed by atoms with E-state index in [1.54, 1.807) is 25.2 Å². The first-order valence-corrected chi connectivity index (χ1v) is 6.55. The normalized spacial score (nSPS) is 11.6. The minimum absolute atomic E-state index is 0.00250. The fraction of sp³-hybridized carbons (Fsp3) is 0.455. The van der Waals surface area contributed by atoms with Crippen molar-refractivity contribution in [3.05, 3.63) is 28.8 Å². The molecule has 0 saturated heterocycles. The summed E-state index contributed by atoms with van der Waals surface area (Å²) >= 11 is 5.75. The van der Waals surface area contributed by atoms with Crippen molar-refractivity contribution in [1.29, 1.82) is 0 Å². The molecule has 0 aromatic heterocycles. The molecule has 1 aromatic rings. The molecule has 0 aliphatic heterocycles. The van der Waals surface area contributed by atoms with Crippen LogP contribution in [0.5, 0.6) is 5.75 Å². The first-order chi connectivity index (χ1) is 8.42. The highest BCUT2D eigenvalue weighted by molar-refractivity contribution is 8.00. The quantitative estimate of drug-likeness (QED) is 0.810. The Balaban J connectivity index is 2.51. The lowest BCUT2D eigenvalue weighted by molar-refractivity contribution is -0.0329. The summed E-state index contributed by atoms with van der Waals surface area (Å²) in [4.78, 5) is 0. The summed E-state index contributed by atoms with van der Waals surface area (Å²) in [6, 6.07) is 5.03. The van der Waals surface area contributed by atoms with Gasteiger partial charge in [-0.1, -0.05) is 11.6 Å². The molecule has 0 heterocycles. The van der Waals surface area contributed by atoms with Crippen LogP contribution in [0, 0.1) is 0 Å². The molecule has 0 aliphatic rings. The predicted molar refractivity (Wildman–Crippen MR) is 68.2 cm³/mol. The third-order valence-corrected chi connectivity index (χ3v) is 2.93. The molecule has 1 rings (SSSR count). The van der Waals surface area contributed by atoms with E-state index in [0.29, 0.717) is 17.3 Å². The Kier molecular flexibility index (Phi) is 6.11. The summed E-state index contributed by atoms with van der Waals surface area (Å²) < 4.78 is 41.1.